The van der Waals surface area contributed by atoms with Crippen molar-refractivity contribution in [2.75, 3.05) is 0 Å². The predicted molar refractivity (Wildman–Crippen MR) is 43.8 cm³/mol. The van der Waals surface area contributed by atoms with Crippen LogP contribution in [-0.4, -0.2) is 11.7 Å². The Hall–Kier alpha value is -1.10. The number of hydrogen-bond acceptors (Lipinski definition) is 3. The van der Waals surface area contributed by atoms with Gasteiger partial charge >= 0.3 is 6.03 Å². The van der Waals surface area contributed by atoms with Crippen LogP contribution in [0, 0.1) is 5.92 Å². The minimum absolute atomic E-state index is 0.327. The molecule has 0 aliphatic carbocycles. The van der Waals surface area contributed by atoms with Crippen LogP contribution < -0.4 is 16.7 Å². The average Bonchev–Trinajstić information content (AvgIpc) is 1.99. The van der Waals surface area contributed by atoms with Crippen molar-refractivity contribution in [3.8, 4) is 0 Å². The first kappa shape index (κ1) is 9.90. The van der Waals surface area contributed by atoms with Crippen LogP contribution in [0.4, 0.5) is 4.79 Å². The lowest BCUT2D eigenvalue weighted by atomic mass is 10.1. The van der Waals surface area contributed by atoms with Crippen LogP contribution in [0.25, 0.3) is 0 Å². The first-order valence-electron chi connectivity index (χ1n) is 3.38. The Morgan fingerprint density at radius 2 is 2.09 bits per heavy atom. The van der Waals surface area contributed by atoms with Gasteiger partial charge in [0.05, 0.1) is 0 Å². The van der Waals surface area contributed by atoms with Gasteiger partial charge in [0.2, 0.25) is 0 Å². The maximum atomic E-state index is 10.5. The highest BCUT2D eigenvalue weighted by Crippen LogP contribution is 1.93. The van der Waals surface area contributed by atoms with Crippen LogP contribution in [-0.2, 0) is 0 Å². The van der Waals surface area contributed by atoms with Gasteiger partial charge in [-0.05, 0) is 12.8 Å². The van der Waals surface area contributed by atoms with Crippen molar-refractivity contribution >= 4 is 11.7 Å². The van der Waals surface area contributed by atoms with E-state index in [1.54, 1.807) is 0 Å². The molecule has 0 radical (unpaired) electrons. The van der Waals surface area contributed by atoms with Crippen LogP contribution in [0.3, 0.4) is 0 Å². The van der Waals surface area contributed by atoms with Crippen LogP contribution in [0.2, 0.25) is 0 Å². The van der Waals surface area contributed by atoms with Gasteiger partial charge in [-0.1, -0.05) is 13.8 Å². The third-order valence-electron chi connectivity index (χ3n) is 1.30. The second-order valence-corrected chi connectivity index (χ2v) is 2.49. The summed E-state index contributed by atoms with van der Waals surface area (Å²) in [5.41, 5.74) is 4.98. The van der Waals surface area contributed by atoms with Crippen LogP contribution >= 0.6 is 0 Å². The summed E-state index contributed by atoms with van der Waals surface area (Å²) in [7, 11) is 0. The summed E-state index contributed by atoms with van der Waals surface area (Å²) in [5.74, 6) is 5.13. The molecule has 0 aliphatic heterocycles. The fourth-order valence-corrected chi connectivity index (χ4v) is 0.300. The SMILES string of the molecule is C/C(=N\NC(=O)NN)C(C)C. The molecule has 4 N–H and O–H groups in total. The second-order valence-electron chi connectivity index (χ2n) is 2.49. The van der Waals surface area contributed by atoms with Crippen LogP contribution in [0.15, 0.2) is 5.10 Å². The van der Waals surface area contributed by atoms with E-state index in [0.717, 1.165) is 5.71 Å². The molecule has 0 aromatic carbocycles. The molecule has 0 atom stereocenters. The van der Waals surface area contributed by atoms with E-state index in [0.29, 0.717) is 5.92 Å². The minimum atomic E-state index is -0.509. The molecule has 0 aliphatic rings. The molecule has 0 spiro atoms. The Kier molecular flexibility index (Phi) is 4.21. The molecule has 0 fully saturated rings. The lowest BCUT2D eigenvalue weighted by Gasteiger charge is -2.03. The molecule has 64 valence electrons. The number of carbonyl (C=O) groups excluding carboxylic acids is 1. The number of amides is 2. The second kappa shape index (κ2) is 4.68. The first-order chi connectivity index (χ1) is 5.07. The van der Waals surface area contributed by atoms with E-state index in [1.165, 1.54) is 0 Å². The Balaban J connectivity index is 3.82. The van der Waals surface area contributed by atoms with E-state index in [1.807, 2.05) is 26.2 Å². The lowest BCUT2D eigenvalue weighted by Crippen LogP contribution is -2.37. The zero-order chi connectivity index (χ0) is 8.85. The van der Waals surface area contributed by atoms with E-state index in [9.17, 15) is 4.79 Å². The van der Waals surface area contributed by atoms with Gasteiger partial charge in [0.25, 0.3) is 0 Å². The molecule has 11 heavy (non-hydrogen) atoms. The summed E-state index contributed by atoms with van der Waals surface area (Å²) >= 11 is 0. The molecule has 0 unspecified atom stereocenters. The van der Waals surface area contributed by atoms with Gasteiger partial charge in [0.1, 0.15) is 0 Å². The van der Waals surface area contributed by atoms with Gasteiger partial charge in [-0.2, -0.15) is 5.10 Å². The van der Waals surface area contributed by atoms with Crippen LogP contribution in [0.5, 0.6) is 0 Å². The zero-order valence-corrected chi connectivity index (χ0v) is 7.01. The topological polar surface area (TPSA) is 79.5 Å². The molecule has 0 rings (SSSR count). The molecule has 2 amide bonds. The smallest absolute Gasteiger partial charge is 0.274 e. The van der Waals surface area contributed by atoms with E-state index in [2.05, 4.69) is 10.5 Å². The molecular weight excluding hydrogens is 144 g/mol. The molecule has 0 heterocycles. The number of hydrazine groups is 1. The van der Waals surface area contributed by atoms with E-state index >= 15 is 0 Å². The molecule has 0 aromatic heterocycles. The summed E-state index contributed by atoms with van der Waals surface area (Å²) in [6, 6.07) is -0.509. The molecule has 0 aromatic rings. The van der Waals surface area contributed by atoms with Crippen molar-refractivity contribution in [3.63, 3.8) is 0 Å². The van der Waals surface area contributed by atoms with Crippen molar-refractivity contribution < 1.29 is 4.79 Å². The third-order valence-corrected chi connectivity index (χ3v) is 1.30. The monoisotopic (exact) mass is 158 g/mol. The Morgan fingerprint density at radius 1 is 1.55 bits per heavy atom. The number of hydrogen-bond donors (Lipinski definition) is 3. The summed E-state index contributed by atoms with van der Waals surface area (Å²) in [6.07, 6.45) is 0. The maximum Gasteiger partial charge on any atom is 0.349 e. The zero-order valence-electron chi connectivity index (χ0n) is 7.01. The van der Waals surface area contributed by atoms with Crippen molar-refractivity contribution in [3.05, 3.63) is 0 Å². The maximum absolute atomic E-state index is 10.5. The molecule has 0 saturated heterocycles. The summed E-state index contributed by atoms with van der Waals surface area (Å²) < 4.78 is 0. The molecule has 0 saturated carbocycles. The first-order valence-corrected chi connectivity index (χ1v) is 3.38. The number of nitrogens with zero attached hydrogens (tertiary/aromatic N) is 1. The molecule has 5 nitrogen and oxygen atoms in total. The summed E-state index contributed by atoms with van der Waals surface area (Å²) in [6.45, 7) is 5.81. The lowest BCUT2D eigenvalue weighted by molar-refractivity contribution is 0.241. The normalized spacial score (nSPS) is 11.5. The molecular formula is C6H14N4O. The Bertz CT molecular complexity index is 164. The highest BCUT2D eigenvalue weighted by Gasteiger charge is 1.98. The van der Waals surface area contributed by atoms with Gasteiger partial charge in [0.15, 0.2) is 0 Å². The highest BCUT2D eigenvalue weighted by molar-refractivity contribution is 5.85. The molecule has 5 heteroatoms. The quantitative estimate of drug-likeness (QED) is 0.232. The number of hydrazone groups is 1. The van der Waals surface area contributed by atoms with Crippen molar-refractivity contribution in [2.24, 2.45) is 16.9 Å². The average molecular weight is 158 g/mol. The molecule has 0 bridgehead atoms. The van der Waals surface area contributed by atoms with Crippen molar-refractivity contribution in [2.45, 2.75) is 20.8 Å². The van der Waals surface area contributed by atoms with E-state index in [-0.39, 0.29) is 0 Å². The highest BCUT2D eigenvalue weighted by atomic mass is 16.2. The standard InChI is InChI=1S/C6H14N4O/c1-4(2)5(3)9-10-6(11)8-7/h4H,7H2,1-3H3,(H2,8,10,11)/b9-5+. The number of rotatable bonds is 2. The number of nitrogens with one attached hydrogen (secondary N) is 2. The Morgan fingerprint density at radius 3 is 2.45 bits per heavy atom. The number of urea groups is 1. The van der Waals surface area contributed by atoms with Crippen LogP contribution in [0.1, 0.15) is 20.8 Å². The fourth-order valence-electron chi connectivity index (χ4n) is 0.300. The Labute approximate surface area is 66.0 Å². The van der Waals surface area contributed by atoms with Gasteiger partial charge in [-0.25, -0.2) is 16.1 Å². The minimum Gasteiger partial charge on any atom is -0.274 e. The largest absolute Gasteiger partial charge is 0.349 e. The van der Waals surface area contributed by atoms with Gasteiger partial charge in [-0.3, -0.25) is 5.43 Å². The number of nitrogens with two attached hydrogens (primary N) is 1. The summed E-state index contributed by atoms with van der Waals surface area (Å²) in [4.78, 5) is 10.5. The van der Waals surface area contributed by atoms with Gasteiger partial charge < -0.3 is 0 Å². The van der Waals surface area contributed by atoms with Gasteiger partial charge in [0, 0.05) is 5.71 Å². The van der Waals surface area contributed by atoms with E-state index < -0.39 is 6.03 Å². The third kappa shape index (κ3) is 4.32. The predicted octanol–water partition coefficient (Wildman–Crippen LogP) is 0.191. The van der Waals surface area contributed by atoms with E-state index in [4.69, 9.17) is 5.84 Å². The number of carbonyl (C=O) groups is 1. The van der Waals surface area contributed by atoms with Crippen molar-refractivity contribution in [1.82, 2.24) is 10.9 Å². The fraction of sp³-hybridized carbons (Fsp3) is 0.667. The summed E-state index contributed by atoms with van der Waals surface area (Å²) in [5, 5.41) is 3.77. The van der Waals surface area contributed by atoms with Gasteiger partial charge in [-0.15, -0.1) is 0 Å². The van der Waals surface area contributed by atoms with Crippen molar-refractivity contribution in [1.29, 1.82) is 0 Å².